The highest BCUT2D eigenvalue weighted by molar-refractivity contribution is 6.31. The summed E-state index contributed by atoms with van der Waals surface area (Å²) in [4.78, 5) is 25.7. The largest absolute Gasteiger partial charge is 0.466 e. The summed E-state index contributed by atoms with van der Waals surface area (Å²) in [7, 11) is 0. The Balaban J connectivity index is 1.58. The molecule has 2 N–H and O–H groups in total. The monoisotopic (exact) mass is 410 g/mol. The Bertz CT molecular complexity index is 1100. The predicted molar refractivity (Wildman–Crippen MR) is 110 cm³/mol. The second-order valence-corrected chi connectivity index (χ2v) is 7.43. The van der Waals surface area contributed by atoms with Crippen LogP contribution in [0.1, 0.15) is 18.2 Å². The maximum Gasteiger partial charge on any atom is 0.279 e. The first-order valence-electron chi connectivity index (χ1n) is 9.05. The summed E-state index contributed by atoms with van der Waals surface area (Å²) in [6, 6.07) is 16.3. The fourth-order valence-electron chi connectivity index (χ4n) is 3.10. The molecule has 4 rings (SSSR count). The number of benzene rings is 2. The van der Waals surface area contributed by atoms with E-state index in [9.17, 15) is 9.59 Å². The van der Waals surface area contributed by atoms with E-state index in [2.05, 4.69) is 15.7 Å². The van der Waals surface area contributed by atoms with Crippen molar-refractivity contribution in [3.05, 3.63) is 70.9 Å². The van der Waals surface area contributed by atoms with Crippen molar-refractivity contribution in [3.8, 4) is 5.75 Å². The number of hydrogen-bond acceptors (Lipinski definition) is 4. The minimum absolute atomic E-state index is 0.376. The molecule has 2 aromatic carbocycles. The van der Waals surface area contributed by atoms with Gasteiger partial charge in [0, 0.05) is 11.1 Å². The van der Waals surface area contributed by atoms with Crippen LogP contribution in [0.4, 0.5) is 11.5 Å². The van der Waals surface area contributed by atoms with Crippen molar-refractivity contribution in [2.24, 2.45) is 0 Å². The van der Waals surface area contributed by atoms with Crippen molar-refractivity contribution in [1.29, 1.82) is 0 Å². The number of fused-ring (bicyclic) bond motifs is 1. The molecule has 3 aromatic rings. The molecule has 0 saturated heterocycles. The molecule has 2 heterocycles. The summed E-state index contributed by atoms with van der Waals surface area (Å²) in [5.74, 6) is -0.308. The van der Waals surface area contributed by atoms with Crippen LogP contribution in [0, 0.1) is 6.92 Å². The zero-order valence-corrected chi connectivity index (χ0v) is 16.7. The van der Waals surface area contributed by atoms with E-state index in [1.54, 1.807) is 28.9 Å². The number of amides is 2. The molecular formula is C21H19ClN4O3. The molecule has 7 nitrogen and oxygen atoms in total. The second-order valence-electron chi connectivity index (χ2n) is 7.00. The van der Waals surface area contributed by atoms with Gasteiger partial charge >= 0.3 is 0 Å². The second kappa shape index (κ2) is 7.25. The topological polar surface area (TPSA) is 85.3 Å². The number of carbonyl (C=O) groups excluding carboxylic acids is 2. The molecule has 148 valence electrons. The van der Waals surface area contributed by atoms with E-state index in [-0.39, 0.29) is 0 Å². The van der Waals surface area contributed by atoms with Crippen molar-refractivity contribution in [2.75, 3.05) is 10.6 Å². The Kier molecular flexibility index (Phi) is 4.76. The number of nitrogens with zero attached hydrogens (tertiary/aromatic N) is 2. The van der Waals surface area contributed by atoms with Crippen molar-refractivity contribution in [3.63, 3.8) is 0 Å². The Morgan fingerprint density at radius 3 is 2.76 bits per heavy atom. The van der Waals surface area contributed by atoms with Gasteiger partial charge in [-0.15, -0.1) is 0 Å². The molecule has 0 spiro atoms. The lowest BCUT2D eigenvalue weighted by atomic mass is 10.0. The maximum absolute atomic E-state index is 13.0. The van der Waals surface area contributed by atoms with E-state index in [0.29, 0.717) is 28.8 Å². The third-order valence-electron chi connectivity index (χ3n) is 4.69. The van der Waals surface area contributed by atoms with Crippen LogP contribution >= 0.6 is 11.6 Å². The number of halogens is 1. The molecule has 1 aromatic heterocycles. The minimum atomic E-state index is -1.74. The van der Waals surface area contributed by atoms with E-state index in [4.69, 9.17) is 16.3 Å². The quantitative estimate of drug-likeness (QED) is 0.643. The van der Waals surface area contributed by atoms with Gasteiger partial charge in [0.1, 0.15) is 11.6 Å². The lowest BCUT2D eigenvalue weighted by Gasteiger charge is -2.33. The van der Waals surface area contributed by atoms with Crippen molar-refractivity contribution < 1.29 is 14.3 Å². The first-order valence-corrected chi connectivity index (χ1v) is 9.43. The highest BCUT2D eigenvalue weighted by Crippen LogP contribution is 2.36. The van der Waals surface area contributed by atoms with Gasteiger partial charge in [-0.25, -0.2) is 4.68 Å². The van der Waals surface area contributed by atoms with Gasteiger partial charge in [-0.3, -0.25) is 9.59 Å². The van der Waals surface area contributed by atoms with E-state index in [1.807, 2.05) is 37.3 Å². The SMILES string of the molecule is Cc1cc(NC(=O)C2(C)Oc3ccc(Cl)cc3NC2=O)n(Cc2ccccc2)n1. The van der Waals surface area contributed by atoms with Crippen LogP contribution in [0.15, 0.2) is 54.6 Å². The maximum atomic E-state index is 13.0. The fraction of sp³-hybridized carbons (Fsp3) is 0.190. The first kappa shape index (κ1) is 19.0. The van der Waals surface area contributed by atoms with Crippen molar-refractivity contribution >= 4 is 34.9 Å². The van der Waals surface area contributed by atoms with Crippen LogP contribution in [-0.4, -0.2) is 27.2 Å². The third kappa shape index (κ3) is 3.69. The zero-order valence-electron chi connectivity index (χ0n) is 15.9. The molecular weight excluding hydrogens is 392 g/mol. The number of aryl methyl sites for hydroxylation is 1. The van der Waals surface area contributed by atoms with E-state index >= 15 is 0 Å². The predicted octanol–water partition coefficient (Wildman–Crippen LogP) is 3.62. The summed E-state index contributed by atoms with van der Waals surface area (Å²) in [5.41, 5.74) is 0.472. The Morgan fingerprint density at radius 2 is 2.00 bits per heavy atom. The number of hydrogen-bond donors (Lipinski definition) is 2. The van der Waals surface area contributed by atoms with Gasteiger partial charge in [0.2, 0.25) is 0 Å². The first-order chi connectivity index (χ1) is 13.8. The molecule has 1 unspecified atom stereocenters. The highest BCUT2D eigenvalue weighted by Gasteiger charge is 2.47. The number of carbonyl (C=O) groups is 2. The molecule has 0 radical (unpaired) electrons. The van der Waals surface area contributed by atoms with Crippen LogP contribution < -0.4 is 15.4 Å². The molecule has 1 atom stereocenters. The summed E-state index contributed by atoms with van der Waals surface area (Å²) in [6.07, 6.45) is 0. The molecule has 0 aliphatic carbocycles. The smallest absolute Gasteiger partial charge is 0.279 e. The van der Waals surface area contributed by atoms with Gasteiger partial charge in [-0.2, -0.15) is 5.10 Å². The third-order valence-corrected chi connectivity index (χ3v) is 4.92. The summed E-state index contributed by atoms with van der Waals surface area (Å²) in [5, 5.41) is 10.4. The van der Waals surface area contributed by atoms with Gasteiger partial charge in [0.25, 0.3) is 17.4 Å². The molecule has 0 saturated carbocycles. The molecule has 0 bridgehead atoms. The summed E-state index contributed by atoms with van der Waals surface area (Å²) < 4.78 is 7.45. The van der Waals surface area contributed by atoms with Crippen molar-refractivity contribution in [2.45, 2.75) is 26.0 Å². The summed E-state index contributed by atoms with van der Waals surface area (Å²) in [6.45, 7) is 3.75. The molecule has 1 aliphatic rings. The average Bonchev–Trinajstić information content (AvgIpc) is 3.02. The van der Waals surface area contributed by atoms with E-state index in [1.165, 1.54) is 6.92 Å². The van der Waals surface area contributed by atoms with Gasteiger partial charge < -0.3 is 15.4 Å². The molecule has 2 amide bonds. The van der Waals surface area contributed by atoms with Gasteiger partial charge in [0.15, 0.2) is 0 Å². The number of aromatic nitrogens is 2. The standard InChI is InChI=1S/C21H19ClN4O3/c1-13-10-18(26(25-13)12-14-6-4-3-5-7-14)24-20(28)21(2)19(27)23-16-11-15(22)8-9-17(16)29-21/h3-11H,12H2,1-2H3,(H,23,27)(H,24,28). The van der Waals surface area contributed by atoms with Gasteiger partial charge in [0.05, 0.1) is 17.9 Å². The van der Waals surface area contributed by atoms with Gasteiger partial charge in [-0.05, 0) is 37.6 Å². The van der Waals surface area contributed by atoms with Crippen LogP contribution in [0.3, 0.4) is 0 Å². The fourth-order valence-corrected chi connectivity index (χ4v) is 3.28. The van der Waals surface area contributed by atoms with Gasteiger partial charge in [-0.1, -0.05) is 41.9 Å². The Hall–Kier alpha value is -3.32. The molecule has 8 heteroatoms. The number of ether oxygens (including phenoxy) is 1. The number of anilines is 2. The molecule has 1 aliphatic heterocycles. The van der Waals surface area contributed by atoms with Crippen LogP contribution in [0.25, 0.3) is 0 Å². The molecule has 29 heavy (non-hydrogen) atoms. The van der Waals surface area contributed by atoms with Crippen LogP contribution in [0.5, 0.6) is 5.75 Å². The summed E-state index contributed by atoms with van der Waals surface area (Å²) >= 11 is 5.96. The van der Waals surface area contributed by atoms with Crippen molar-refractivity contribution in [1.82, 2.24) is 9.78 Å². The zero-order chi connectivity index (χ0) is 20.6. The lowest BCUT2D eigenvalue weighted by Crippen LogP contribution is -2.56. The van der Waals surface area contributed by atoms with Crippen LogP contribution in [0.2, 0.25) is 5.02 Å². The van der Waals surface area contributed by atoms with Crippen LogP contribution in [-0.2, 0) is 16.1 Å². The Morgan fingerprint density at radius 1 is 1.24 bits per heavy atom. The lowest BCUT2D eigenvalue weighted by molar-refractivity contribution is -0.143. The normalized spacial score (nSPS) is 17.8. The Labute approximate surface area is 172 Å². The van der Waals surface area contributed by atoms with E-state index < -0.39 is 17.4 Å². The van der Waals surface area contributed by atoms with E-state index in [0.717, 1.165) is 11.3 Å². The number of nitrogens with one attached hydrogen (secondary N) is 2. The minimum Gasteiger partial charge on any atom is -0.466 e. The average molecular weight is 411 g/mol. The highest BCUT2D eigenvalue weighted by atomic mass is 35.5. The molecule has 0 fully saturated rings. The number of rotatable bonds is 4.